The molecule has 1 N–H and O–H groups in total. The Kier molecular flexibility index (Phi) is 5.56. The zero-order valence-corrected chi connectivity index (χ0v) is 16.0. The Morgan fingerprint density at radius 1 is 0.931 bits per heavy atom. The van der Waals surface area contributed by atoms with Crippen molar-refractivity contribution in [1.82, 2.24) is 15.2 Å². The van der Waals surface area contributed by atoms with Crippen LogP contribution in [-0.2, 0) is 6.54 Å². The van der Waals surface area contributed by atoms with E-state index in [1.165, 1.54) is 0 Å². The molecular weight excluding hydrogens is 368 g/mol. The van der Waals surface area contributed by atoms with Crippen LogP contribution in [0.1, 0.15) is 26.5 Å². The third-order valence-electron chi connectivity index (χ3n) is 4.94. The van der Waals surface area contributed by atoms with Gasteiger partial charge >= 0.3 is 0 Å². The number of hydrogen-bond donors (Lipinski definition) is 1. The third-order valence-corrected chi connectivity index (χ3v) is 4.94. The summed E-state index contributed by atoms with van der Waals surface area (Å²) in [5.41, 5.74) is 1.09. The Morgan fingerprint density at radius 2 is 1.69 bits per heavy atom. The van der Waals surface area contributed by atoms with E-state index in [2.05, 4.69) is 15.2 Å². The molecule has 7 heteroatoms. The second-order valence-corrected chi connectivity index (χ2v) is 6.81. The minimum atomic E-state index is -0.204. The number of carbonyl (C=O) groups excluding carboxylic acids is 2. The predicted octanol–water partition coefficient (Wildman–Crippen LogP) is 2.57. The summed E-state index contributed by atoms with van der Waals surface area (Å²) in [4.78, 5) is 33.4. The lowest BCUT2D eigenvalue weighted by Gasteiger charge is -2.35. The summed E-state index contributed by atoms with van der Waals surface area (Å²) in [6, 6.07) is 16.2. The quantitative estimate of drug-likeness (QED) is 0.724. The van der Waals surface area contributed by atoms with Gasteiger partial charge < -0.3 is 19.5 Å². The molecule has 1 aliphatic heterocycles. The van der Waals surface area contributed by atoms with Crippen molar-refractivity contribution in [3.8, 4) is 0 Å². The SMILES string of the molecule is O=C(NCc1ccco1)c1ccc(C(=O)N2CCN(c3ccccn3)CC2)cc1. The van der Waals surface area contributed by atoms with Crippen LogP contribution in [0.2, 0.25) is 0 Å². The van der Waals surface area contributed by atoms with Crippen molar-refractivity contribution >= 4 is 17.6 Å². The third kappa shape index (κ3) is 4.45. The molecule has 1 fully saturated rings. The molecule has 7 nitrogen and oxygen atoms in total. The number of pyridine rings is 1. The fourth-order valence-corrected chi connectivity index (χ4v) is 3.31. The number of nitrogens with zero attached hydrogens (tertiary/aromatic N) is 3. The first kappa shape index (κ1) is 18.7. The van der Waals surface area contributed by atoms with Crippen LogP contribution in [0, 0.1) is 0 Å². The highest BCUT2D eigenvalue weighted by atomic mass is 16.3. The van der Waals surface area contributed by atoms with E-state index >= 15 is 0 Å². The summed E-state index contributed by atoms with van der Waals surface area (Å²) >= 11 is 0. The largest absolute Gasteiger partial charge is 0.467 e. The molecule has 0 atom stereocenters. The number of piperazine rings is 1. The maximum atomic E-state index is 12.8. The number of nitrogens with one attached hydrogen (secondary N) is 1. The van der Waals surface area contributed by atoms with Crippen molar-refractivity contribution in [1.29, 1.82) is 0 Å². The molecule has 29 heavy (non-hydrogen) atoms. The molecule has 3 aromatic rings. The Labute approximate surface area is 169 Å². The number of hydrogen-bond acceptors (Lipinski definition) is 5. The molecule has 1 aromatic carbocycles. The van der Waals surface area contributed by atoms with E-state index in [1.807, 2.05) is 23.1 Å². The molecule has 0 aliphatic carbocycles. The smallest absolute Gasteiger partial charge is 0.253 e. The van der Waals surface area contributed by atoms with E-state index < -0.39 is 0 Å². The van der Waals surface area contributed by atoms with Gasteiger partial charge in [-0.15, -0.1) is 0 Å². The van der Waals surface area contributed by atoms with Gasteiger partial charge in [0.25, 0.3) is 11.8 Å². The minimum absolute atomic E-state index is 0.0202. The van der Waals surface area contributed by atoms with Gasteiger partial charge in [-0.05, 0) is 48.5 Å². The van der Waals surface area contributed by atoms with E-state index in [0.29, 0.717) is 36.5 Å². The summed E-state index contributed by atoms with van der Waals surface area (Å²) in [5.74, 6) is 1.40. The molecule has 2 amide bonds. The average molecular weight is 390 g/mol. The van der Waals surface area contributed by atoms with Gasteiger partial charge in [-0.2, -0.15) is 0 Å². The normalized spacial score (nSPS) is 13.9. The topological polar surface area (TPSA) is 78.7 Å². The van der Waals surface area contributed by atoms with E-state index in [1.54, 1.807) is 48.9 Å². The maximum absolute atomic E-state index is 12.8. The van der Waals surface area contributed by atoms with Crippen molar-refractivity contribution in [2.75, 3.05) is 31.1 Å². The molecule has 3 heterocycles. The van der Waals surface area contributed by atoms with Crippen molar-refractivity contribution in [2.45, 2.75) is 6.54 Å². The Bertz CT molecular complexity index is 947. The summed E-state index contributed by atoms with van der Waals surface area (Å²) in [6.07, 6.45) is 3.34. The number of carbonyl (C=O) groups is 2. The van der Waals surface area contributed by atoms with E-state index in [9.17, 15) is 9.59 Å². The second-order valence-electron chi connectivity index (χ2n) is 6.81. The monoisotopic (exact) mass is 390 g/mol. The number of rotatable bonds is 5. The van der Waals surface area contributed by atoms with Crippen LogP contribution in [-0.4, -0.2) is 47.9 Å². The van der Waals surface area contributed by atoms with Gasteiger partial charge in [0.05, 0.1) is 12.8 Å². The van der Waals surface area contributed by atoms with Crippen molar-refractivity contribution < 1.29 is 14.0 Å². The molecule has 0 saturated carbocycles. The molecule has 148 valence electrons. The van der Waals surface area contributed by atoms with E-state index in [0.717, 1.165) is 18.9 Å². The first-order chi connectivity index (χ1) is 14.2. The zero-order chi connectivity index (χ0) is 20.1. The molecule has 0 unspecified atom stereocenters. The summed E-state index contributed by atoms with van der Waals surface area (Å²) in [6.45, 7) is 3.10. The van der Waals surface area contributed by atoms with Gasteiger partial charge in [0.1, 0.15) is 11.6 Å². The highest BCUT2D eigenvalue weighted by Crippen LogP contribution is 2.15. The van der Waals surface area contributed by atoms with Crippen LogP contribution in [0.3, 0.4) is 0 Å². The molecule has 4 rings (SSSR count). The van der Waals surface area contributed by atoms with Crippen LogP contribution in [0.25, 0.3) is 0 Å². The summed E-state index contributed by atoms with van der Waals surface area (Å²) in [7, 11) is 0. The fraction of sp³-hybridized carbons (Fsp3) is 0.227. The summed E-state index contributed by atoms with van der Waals surface area (Å²) < 4.78 is 5.20. The standard InChI is InChI=1S/C22H22N4O3/c27-21(24-16-19-4-3-15-29-19)17-6-8-18(9-7-17)22(28)26-13-11-25(12-14-26)20-5-1-2-10-23-20/h1-10,15H,11-14,16H2,(H,24,27). The lowest BCUT2D eigenvalue weighted by Crippen LogP contribution is -2.49. The second kappa shape index (κ2) is 8.60. The van der Waals surface area contributed by atoms with Crippen molar-refractivity contribution in [3.63, 3.8) is 0 Å². The molecule has 1 aliphatic rings. The van der Waals surface area contributed by atoms with Gasteiger partial charge in [0.2, 0.25) is 0 Å². The minimum Gasteiger partial charge on any atom is -0.467 e. The Hall–Kier alpha value is -3.61. The van der Waals surface area contributed by atoms with Crippen LogP contribution in [0.5, 0.6) is 0 Å². The first-order valence-electron chi connectivity index (χ1n) is 9.56. The Morgan fingerprint density at radius 3 is 2.34 bits per heavy atom. The van der Waals surface area contributed by atoms with Crippen molar-refractivity contribution in [2.24, 2.45) is 0 Å². The molecule has 2 aromatic heterocycles. The predicted molar refractivity (Wildman–Crippen MR) is 109 cm³/mol. The molecular formula is C22H22N4O3. The number of benzene rings is 1. The van der Waals surface area contributed by atoms with Gasteiger partial charge in [0, 0.05) is 43.5 Å². The average Bonchev–Trinajstić information content (AvgIpc) is 3.31. The Balaban J connectivity index is 1.32. The van der Waals surface area contributed by atoms with Gasteiger partial charge in [-0.25, -0.2) is 4.98 Å². The highest BCUT2D eigenvalue weighted by Gasteiger charge is 2.23. The number of amides is 2. The molecule has 0 spiro atoms. The van der Waals surface area contributed by atoms with Crippen LogP contribution in [0.4, 0.5) is 5.82 Å². The van der Waals surface area contributed by atoms with E-state index in [-0.39, 0.29) is 11.8 Å². The fourth-order valence-electron chi connectivity index (χ4n) is 3.31. The van der Waals surface area contributed by atoms with E-state index in [4.69, 9.17) is 4.42 Å². The number of anilines is 1. The van der Waals surface area contributed by atoms with Gasteiger partial charge in [0.15, 0.2) is 0 Å². The maximum Gasteiger partial charge on any atom is 0.253 e. The van der Waals surface area contributed by atoms with Crippen LogP contribution < -0.4 is 10.2 Å². The first-order valence-corrected chi connectivity index (χ1v) is 9.56. The van der Waals surface area contributed by atoms with Crippen molar-refractivity contribution in [3.05, 3.63) is 83.9 Å². The highest BCUT2D eigenvalue weighted by molar-refractivity contribution is 5.97. The number of aromatic nitrogens is 1. The van der Waals surface area contributed by atoms with Gasteiger partial charge in [-0.3, -0.25) is 9.59 Å². The lowest BCUT2D eigenvalue weighted by molar-refractivity contribution is 0.0746. The lowest BCUT2D eigenvalue weighted by atomic mass is 10.1. The van der Waals surface area contributed by atoms with Crippen LogP contribution in [0.15, 0.2) is 71.5 Å². The van der Waals surface area contributed by atoms with Crippen LogP contribution >= 0.6 is 0 Å². The zero-order valence-electron chi connectivity index (χ0n) is 16.0. The summed E-state index contributed by atoms with van der Waals surface area (Å²) in [5, 5.41) is 2.79. The molecule has 0 radical (unpaired) electrons. The number of furan rings is 1. The molecule has 0 bridgehead atoms. The molecule has 1 saturated heterocycles. The van der Waals surface area contributed by atoms with Gasteiger partial charge in [-0.1, -0.05) is 6.07 Å².